The SMILES string of the molecule is CCN1C(=O)/C(=C/c2cc(Br)ccc2O)SC1=S. The molecule has 0 aliphatic carbocycles. The van der Waals surface area contributed by atoms with Crippen LogP contribution in [0.4, 0.5) is 0 Å². The number of hydrogen-bond acceptors (Lipinski definition) is 4. The molecule has 0 atom stereocenters. The van der Waals surface area contributed by atoms with Crippen LogP contribution in [0.1, 0.15) is 12.5 Å². The van der Waals surface area contributed by atoms with Crippen LogP contribution >= 0.6 is 39.9 Å². The fourth-order valence-electron chi connectivity index (χ4n) is 1.55. The Morgan fingerprint density at radius 2 is 2.28 bits per heavy atom. The first-order chi connectivity index (χ1) is 8.52. The molecule has 1 saturated heterocycles. The van der Waals surface area contributed by atoms with Gasteiger partial charge < -0.3 is 5.11 Å². The van der Waals surface area contributed by atoms with Gasteiger partial charge in [-0.3, -0.25) is 9.69 Å². The normalized spacial score (nSPS) is 17.9. The summed E-state index contributed by atoms with van der Waals surface area (Å²) in [5, 5.41) is 9.74. The summed E-state index contributed by atoms with van der Waals surface area (Å²) in [6, 6.07) is 5.08. The number of carbonyl (C=O) groups excluding carboxylic acids is 1. The third-order valence-corrected chi connectivity index (χ3v) is 4.34. The maximum absolute atomic E-state index is 12.0. The summed E-state index contributed by atoms with van der Waals surface area (Å²) in [5.74, 6) is 0.0341. The van der Waals surface area contributed by atoms with E-state index in [0.29, 0.717) is 21.3 Å². The molecule has 1 N–H and O–H groups in total. The van der Waals surface area contributed by atoms with Crippen molar-refractivity contribution in [1.29, 1.82) is 0 Å². The monoisotopic (exact) mass is 343 g/mol. The van der Waals surface area contributed by atoms with Crippen molar-refractivity contribution >= 4 is 56.2 Å². The van der Waals surface area contributed by atoms with E-state index >= 15 is 0 Å². The number of hydrogen-bond donors (Lipinski definition) is 1. The van der Waals surface area contributed by atoms with Gasteiger partial charge in [0, 0.05) is 16.6 Å². The van der Waals surface area contributed by atoms with E-state index in [9.17, 15) is 9.90 Å². The highest BCUT2D eigenvalue weighted by atomic mass is 79.9. The number of phenols is 1. The van der Waals surface area contributed by atoms with E-state index in [4.69, 9.17) is 12.2 Å². The van der Waals surface area contributed by atoms with Gasteiger partial charge >= 0.3 is 0 Å². The average Bonchev–Trinajstić information content (AvgIpc) is 2.59. The van der Waals surface area contributed by atoms with Crippen LogP contribution in [0.5, 0.6) is 5.75 Å². The zero-order valence-electron chi connectivity index (χ0n) is 9.51. The van der Waals surface area contributed by atoms with Crippen molar-refractivity contribution in [3.63, 3.8) is 0 Å². The highest BCUT2D eigenvalue weighted by molar-refractivity contribution is 9.10. The minimum Gasteiger partial charge on any atom is -0.507 e. The third kappa shape index (κ3) is 2.60. The number of amides is 1. The van der Waals surface area contributed by atoms with Crippen molar-refractivity contribution < 1.29 is 9.90 Å². The van der Waals surface area contributed by atoms with Gasteiger partial charge in [-0.2, -0.15) is 0 Å². The highest BCUT2D eigenvalue weighted by Crippen LogP contribution is 2.34. The Kier molecular flexibility index (Phi) is 4.09. The van der Waals surface area contributed by atoms with Gasteiger partial charge in [0.05, 0.1) is 4.91 Å². The van der Waals surface area contributed by atoms with Crippen LogP contribution in [-0.4, -0.2) is 26.8 Å². The Balaban J connectivity index is 2.38. The van der Waals surface area contributed by atoms with Gasteiger partial charge in [-0.15, -0.1) is 0 Å². The molecule has 18 heavy (non-hydrogen) atoms. The molecule has 1 fully saturated rings. The van der Waals surface area contributed by atoms with Crippen LogP contribution < -0.4 is 0 Å². The number of phenolic OH excluding ortho intramolecular Hbond substituents is 1. The zero-order valence-corrected chi connectivity index (χ0v) is 12.7. The molecule has 3 nitrogen and oxygen atoms in total. The molecule has 94 valence electrons. The van der Waals surface area contributed by atoms with Crippen molar-refractivity contribution in [2.75, 3.05) is 6.54 Å². The number of nitrogens with zero attached hydrogens (tertiary/aromatic N) is 1. The number of benzene rings is 1. The molecule has 1 aromatic carbocycles. The zero-order chi connectivity index (χ0) is 13.3. The van der Waals surface area contributed by atoms with E-state index < -0.39 is 0 Å². The molecular formula is C12H10BrNO2S2. The summed E-state index contributed by atoms with van der Waals surface area (Å²) in [5.41, 5.74) is 0.598. The topological polar surface area (TPSA) is 40.5 Å². The molecule has 0 aromatic heterocycles. The smallest absolute Gasteiger partial charge is 0.266 e. The van der Waals surface area contributed by atoms with Gasteiger partial charge in [0.2, 0.25) is 0 Å². The number of halogens is 1. The van der Waals surface area contributed by atoms with Crippen LogP contribution in [0.2, 0.25) is 0 Å². The number of aromatic hydroxyl groups is 1. The summed E-state index contributed by atoms with van der Waals surface area (Å²) in [4.78, 5) is 14.1. The minimum absolute atomic E-state index is 0.105. The second-order valence-electron chi connectivity index (χ2n) is 3.63. The standard InChI is InChI=1S/C12H10BrNO2S2/c1-2-14-11(16)10(18-12(14)17)6-7-5-8(13)3-4-9(7)15/h3-6,15H,2H2,1H3/b10-6-. The lowest BCUT2D eigenvalue weighted by molar-refractivity contribution is -0.121. The Bertz CT molecular complexity index is 557. The lowest BCUT2D eigenvalue weighted by Gasteiger charge is -2.09. The van der Waals surface area contributed by atoms with Crippen molar-refractivity contribution in [2.45, 2.75) is 6.92 Å². The van der Waals surface area contributed by atoms with E-state index in [1.807, 2.05) is 6.92 Å². The van der Waals surface area contributed by atoms with E-state index in [1.54, 1.807) is 29.2 Å². The highest BCUT2D eigenvalue weighted by Gasteiger charge is 2.30. The lowest BCUT2D eigenvalue weighted by atomic mass is 10.2. The predicted octanol–water partition coefficient (Wildman–Crippen LogP) is 3.38. The Labute approximate surface area is 123 Å². The minimum atomic E-state index is -0.105. The van der Waals surface area contributed by atoms with Crippen molar-refractivity contribution in [3.05, 3.63) is 33.1 Å². The molecular weight excluding hydrogens is 334 g/mol. The van der Waals surface area contributed by atoms with E-state index in [2.05, 4.69) is 15.9 Å². The van der Waals surface area contributed by atoms with Gasteiger partial charge in [-0.1, -0.05) is 39.9 Å². The fourth-order valence-corrected chi connectivity index (χ4v) is 3.31. The van der Waals surface area contributed by atoms with Gasteiger partial charge in [-0.25, -0.2) is 0 Å². The summed E-state index contributed by atoms with van der Waals surface area (Å²) in [7, 11) is 0. The number of carbonyl (C=O) groups is 1. The van der Waals surface area contributed by atoms with Gasteiger partial charge in [0.1, 0.15) is 10.1 Å². The van der Waals surface area contributed by atoms with Crippen LogP contribution in [-0.2, 0) is 4.79 Å². The Hall–Kier alpha value is -0.850. The molecule has 0 saturated carbocycles. The maximum Gasteiger partial charge on any atom is 0.266 e. The third-order valence-electron chi connectivity index (χ3n) is 2.47. The first-order valence-electron chi connectivity index (χ1n) is 5.27. The van der Waals surface area contributed by atoms with E-state index in [0.717, 1.165) is 4.47 Å². The number of thiocarbonyl (C=S) groups is 1. The first kappa shape index (κ1) is 13.6. The number of thioether (sulfide) groups is 1. The second kappa shape index (κ2) is 5.42. The summed E-state index contributed by atoms with van der Waals surface area (Å²) in [6.45, 7) is 2.44. The Morgan fingerprint density at radius 1 is 1.56 bits per heavy atom. The molecule has 1 heterocycles. The quantitative estimate of drug-likeness (QED) is 0.660. The number of likely N-dealkylation sites (N-methyl/N-ethyl adjacent to an activating group) is 1. The first-order valence-corrected chi connectivity index (χ1v) is 7.28. The largest absolute Gasteiger partial charge is 0.507 e. The van der Waals surface area contributed by atoms with Crippen LogP contribution in [0, 0.1) is 0 Å². The molecule has 0 spiro atoms. The van der Waals surface area contributed by atoms with Gasteiger partial charge in [0.25, 0.3) is 5.91 Å². The average molecular weight is 344 g/mol. The molecule has 0 unspecified atom stereocenters. The molecule has 2 rings (SSSR count). The summed E-state index contributed by atoms with van der Waals surface area (Å²) < 4.78 is 1.40. The van der Waals surface area contributed by atoms with Crippen molar-refractivity contribution in [2.24, 2.45) is 0 Å². The van der Waals surface area contributed by atoms with Crippen molar-refractivity contribution in [1.82, 2.24) is 4.90 Å². The molecule has 1 amide bonds. The van der Waals surface area contributed by atoms with E-state index in [1.165, 1.54) is 11.8 Å². The predicted molar refractivity (Wildman–Crippen MR) is 81.4 cm³/mol. The van der Waals surface area contributed by atoms with Crippen LogP contribution in [0.25, 0.3) is 6.08 Å². The van der Waals surface area contributed by atoms with Crippen LogP contribution in [0.3, 0.4) is 0 Å². The Morgan fingerprint density at radius 3 is 2.89 bits per heavy atom. The van der Waals surface area contributed by atoms with E-state index in [-0.39, 0.29) is 11.7 Å². The molecule has 6 heteroatoms. The molecule has 1 aromatic rings. The molecule has 0 radical (unpaired) electrons. The lowest BCUT2D eigenvalue weighted by Crippen LogP contribution is -2.27. The molecule has 1 aliphatic heterocycles. The molecule has 1 aliphatic rings. The fraction of sp³-hybridized carbons (Fsp3) is 0.167. The second-order valence-corrected chi connectivity index (χ2v) is 6.22. The van der Waals surface area contributed by atoms with Crippen molar-refractivity contribution in [3.8, 4) is 5.75 Å². The number of rotatable bonds is 2. The van der Waals surface area contributed by atoms with Gasteiger partial charge in [0.15, 0.2) is 0 Å². The maximum atomic E-state index is 12.0. The molecule has 0 bridgehead atoms. The van der Waals surface area contributed by atoms with Gasteiger partial charge in [-0.05, 0) is 31.2 Å². The van der Waals surface area contributed by atoms with Crippen LogP contribution in [0.15, 0.2) is 27.6 Å². The summed E-state index contributed by atoms with van der Waals surface area (Å²) >= 11 is 9.71. The summed E-state index contributed by atoms with van der Waals surface area (Å²) in [6.07, 6.45) is 1.66.